The fourth-order valence-corrected chi connectivity index (χ4v) is 3.58. The van der Waals surface area contributed by atoms with Crippen molar-refractivity contribution in [2.45, 2.75) is 13.2 Å². The molecule has 1 aromatic heterocycles. The van der Waals surface area contributed by atoms with Crippen LogP contribution in [0.3, 0.4) is 0 Å². The molecule has 0 aliphatic heterocycles. The smallest absolute Gasteiger partial charge is 0.337 e. The number of esters is 1. The second kappa shape index (κ2) is 8.49. The summed E-state index contributed by atoms with van der Waals surface area (Å²) in [6, 6.07) is 21.5. The molecule has 0 bridgehead atoms. The predicted molar refractivity (Wildman–Crippen MR) is 115 cm³/mol. The van der Waals surface area contributed by atoms with E-state index in [0.717, 1.165) is 32.3 Å². The molecule has 0 fully saturated rings. The summed E-state index contributed by atoms with van der Waals surface area (Å²) in [5, 5.41) is 5.38. The summed E-state index contributed by atoms with van der Waals surface area (Å²) in [7, 11) is 1.38. The van der Waals surface area contributed by atoms with Gasteiger partial charge in [-0.2, -0.15) is 5.10 Å². The maximum atomic E-state index is 11.8. The lowest BCUT2D eigenvalue weighted by Gasteiger charge is -2.13. The molecule has 29 heavy (non-hydrogen) atoms. The minimum absolute atomic E-state index is 0.358. The number of halogens is 1. The summed E-state index contributed by atoms with van der Waals surface area (Å²) < 4.78 is 13.7. The highest BCUT2D eigenvalue weighted by molar-refractivity contribution is 9.10. The number of hydrogen-bond acceptors (Lipinski definition) is 4. The standard InChI is InChI=1S/C23H19BrN2O3/c1-28-23(27)17-7-9-21-18(11-17)13-25-26(21)14-19-12-20(24)8-10-22(19)29-15-16-5-3-2-4-6-16/h2-13H,14-15H2,1H3. The molecule has 0 aliphatic rings. The van der Waals surface area contributed by atoms with Crippen LogP contribution in [0.1, 0.15) is 21.5 Å². The average molecular weight is 451 g/mol. The lowest BCUT2D eigenvalue weighted by atomic mass is 10.1. The van der Waals surface area contributed by atoms with Crippen LogP contribution in [-0.4, -0.2) is 22.9 Å². The number of nitrogens with zero attached hydrogens (tertiary/aromatic N) is 2. The number of ether oxygens (including phenoxy) is 2. The monoisotopic (exact) mass is 450 g/mol. The SMILES string of the molecule is COC(=O)c1ccc2c(cnn2Cc2cc(Br)ccc2OCc2ccccc2)c1. The largest absolute Gasteiger partial charge is 0.489 e. The molecule has 0 amide bonds. The zero-order valence-corrected chi connectivity index (χ0v) is 17.4. The molecule has 5 nitrogen and oxygen atoms in total. The van der Waals surface area contributed by atoms with Crippen molar-refractivity contribution in [1.29, 1.82) is 0 Å². The molecule has 0 saturated carbocycles. The Morgan fingerprint density at radius 2 is 1.90 bits per heavy atom. The molecule has 4 rings (SSSR count). The number of methoxy groups -OCH3 is 1. The van der Waals surface area contributed by atoms with E-state index in [1.807, 2.05) is 59.3 Å². The fraction of sp³-hybridized carbons (Fsp3) is 0.130. The van der Waals surface area contributed by atoms with Crippen LogP contribution in [0.2, 0.25) is 0 Å². The Hall–Kier alpha value is -3.12. The third-order valence-corrected chi connectivity index (χ3v) is 5.14. The Bertz CT molecular complexity index is 1160. The van der Waals surface area contributed by atoms with Gasteiger partial charge in [0, 0.05) is 15.4 Å². The van der Waals surface area contributed by atoms with Crippen molar-refractivity contribution < 1.29 is 14.3 Å². The Morgan fingerprint density at radius 3 is 2.69 bits per heavy atom. The molecule has 146 valence electrons. The molecule has 0 aliphatic carbocycles. The summed E-state index contributed by atoms with van der Waals surface area (Å²) in [5.74, 6) is 0.454. The summed E-state index contributed by atoms with van der Waals surface area (Å²) in [6.07, 6.45) is 1.75. The molecule has 0 unspecified atom stereocenters. The number of fused-ring (bicyclic) bond motifs is 1. The van der Waals surface area contributed by atoms with Crippen LogP contribution < -0.4 is 4.74 Å². The molecule has 1 heterocycles. The van der Waals surface area contributed by atoms with E-state index in [9.17, 15) is 4.79 Å². The normalized spacial score (nSPS) is 10.8. The van der Waals surface area contributed by atoms with E-state index >= 15 is 0 Å². The van der Waals surface area contributed by atoms with Crippen molar-refractivity contribution in [1.82, 2.24) is 9.78 Å². The van der Waals surface area contributed by atoms with Crippen LogP contribution in [0.25, 0.3) is 10.9 Å². The lowest BCUT2D eigenvalue weighted by Crippen LogP contribution is -2.05. The maximum Gasteiger partial charge on any atom is 0.337 e. The molecule has 0 radical (unpaired) electrons. The molecule has 6 heteroatoms. The van der Waals surface area contributed by atoms with Gasteiger partial charge < -0.3 is 9.47 Å². The van der Waals surface area contributed by atoms with E-state index in [0.29, 0.717) is 18.7 Å². The Labute approximate surface area is 177 Å². The molecule has 0 N–H and O–H groups in total. The zero-order valence-electron chi connectivity index (χ0n) is 15.8. The average Bonchev–Trinajstić information content (AvgIpc) is 3.15. The van der Waals surface area contributed by atoms with Gasteiger partial charge >= 0.3 is 5.97 Å². The molecule has 3 aromatic carbocycles. The highest BCUT2D eigenvalue weighted by Crippen LogP contribution is 2.26. The van der Waals surface area contributed by atoms with Crippen LogP contribution in [0, 0.1) is 0 Å². The summed E-state index contributed by atoms with van der Waals surface area (Å²) >= 11 is 3.54. The number of hydrogen-bond donors (Lipinski definition) is 0. The van der Waals surface area contributed by atoms with Gasteiger partial charge in [-0.25, -0.2) is 4.79 Å². The molecular formula is C23H19BrN2O3. The van der Waals surface area contributed by atoms with Crippen LogP contribution in [-0.2, 0) is 17.9 Å². The Morgan fingerprint density at radius 1 is 1.07 bits per heavy atom. The first-order valence-electron chi connectivity index (χ1n) is 9.13. The number of carbonyl (C=O) groups is 1. The van der Waals surface area contributed by atoms with E-state index < -0.39 is 0 Å². The highest BCUT2D eigenvalue weighted by Gasteiger charge is 2.12. The van der Waals surface area contributed by atoms with Crippen LogP contribution in [0.5, 0.6) is 5.75 Å². The lowest BCUT2D eigenvalue weighted by molar-refractivity contribution is 0.0601. The second-order valence-electron chi connectivity index (χ2n) is 6.59. The van der Waals surface area contributed by atoms with Crippen molar-refractivity contribution in [2.75, 3.05) is 7.11 Å². The van der Waals surface area contributed by atoms with E-state index in [1.165, 1.54) is 7.11 Å². The number of benzene rings is 3. The minimum Gasteiger partial charge on any atom is -0.489 e. The first-order valence-corrected chi connectivity index (χ1v) is 9.92. The van der Waals surface area contributed by atoms with Crippen molar-refractivity contribution in [2.24, 2.45) is 0 Å². The van der Waals surface area contributed by atoms with Crippen LogP contribution >= 0.6 is 15.9 Å². The topological polar surface area (TPSA) is 53.3 Å². The Balaban J connectivity index is 1.60. The van der Waals surface area contributed by atoms with E-state index in [4.69, 9.17) is 9.47 Å². The van der Waals surface area contributed by atoms with Crippen molar-refractivity contribution in [3.63, 3.8) is 0 Å². The van der Waals surface area contributed by atoms with E-state index in [1.54, 1.807) is 18.3 Å². The molecule has 0 spiro atoms. The number of aromatic nitrogens is 2. The van der Waals surface area contributed by atoms with Crippen molar-refractivity contribution in [3.05, 3.63) is 94.1 Å². The van der Waals surface area contributed by atoms with Gasteiger partial charge in [-0.05, 0) is 42.0 Å². The van der Waals surface area contributed by atoms with Crippen LogP contribution in [0.4, 0.5) is 0 Å². The highest BCUT2D eigenvalue weighted by atomic mass is 79.9. The quantitative estimate of drug-likeness (QED) is 0.378. The Kier molecular flexibility index (Phi) is 5.62. The van der Waals surface area contributed by atoms with E-state index in [2.05, 4.69) is 21.0 Å². The van der Waals surface area contributed by atoms with Gasteiger partial charge in [-0.15, -0.1) is 0 Å². The zero-order chi connectivity index (χ0) is 20.2. The van der Waals surface area contributed by atoms with Crippen molar-refractivity contribution in [3.8, 4) is 5.75 Å². The summed E-state index contributed by atoms with van der Waals surface area (Å²) in [4.78, 5) is 11.8. The van der Waals surface area contributed by atoms with Gasteiger partial charge in [0.25, 0.3) is 0 Å². The van der Waals surface area contributed by atoms with Gasteiger partial charge in [-0.3, -0.25) is 4.68 Å². The first kappa shape index (κ1) is 19.2. The number of carbonyl (C=O) groups excluding carboxylic acids is 1. The molecule has 0 atom stereocenters. The predicted octanol–water partition coefficient (Wildman–Crippen LogP) is 5.21. The van der Waals surface area contributed by atoms with Gasteiger partial charge in [0.05, 0.1) is 30.9 Å². The van der Waals surface area contributed by atoms with Gasteiger partial charge in [-0.1, -0.05) is 46.3 Å². The summed E-state index contributed by atoms with van der Waals surface area (Å²) in [5.41, 5.74) is 3.57. The fourth-order valence-electron chi connectivity index (χ4n) is 3.17. The second-order valence-corrected chi connectivity index (χ2v) is 7.51. The van der Waals surface area contributed by atoms with Gasteiger partial charge in [0.15, 0.2) is 0 Å². The number of rotatable bonds is 6. The van der Waals surface area contributed by atoms with Gasteiger partial charge in [0.2, 0.25) is 0 Å². The third-order valence-electron chi connectivity index (χ3n) is 4.64. The molecular weight excluding hydrogens is 432 g/mol. The summed E-state index contributed by atoms with van der Waals surface area (Å²) in [6.45, 7) is 1.04. The first-order chi connectivity index (χ1) is 14.1. The molecule has 0 saturated heterocycles. The van der Waals surface area contributed by atoms with Crippen molar-refractivity contribution >= 4 is 32.8 Å². The van der Waals surface area contributed by atoms with E-state index in [-0.39, 0.29) is 5.97 Å². The van der Waals surface area contributed by atoms with Crippen LogP contribution in [0.15, 0.2) is 77.4 Å². The third kappa shape index (κ3) is 4.32. The molecule has 4 aromatic rings. The minimum atomic E-state index is -0.358. The maximum absolute atomic E-state index is 11.8. The van der Waals surface area contributed by atoms with Gasteiger partial charge in [0.1, 0.15) is 12.4 Å².